The summed E-state index contributed by atoms with van der Waals surface area (Å²) in [5, 5.41) is 0. The summed E-state index contributed by atoms with van der Waals surface area (Å²) < 4.78 is 0. The number of fused-ring (bicyclic) bond motifs is 1. The number of amides is 2. The molecule has 3 aromatic rings. The number of hydrogen-bond donors (Lipinski definition) is 2. The number of nitrogens with zero attached hydrogens (tertiary/aromatic N) is 3. The van der Waals surface area contributed by atoms with E-state index in [0.29, 0.717) is 38.2 Å². The lowest BCUT2D eigenvalue weighted by molar-refractivity contribution is -0.130. The van der Waals surface area contributed by atoms with Crippen LogP contribution >= 0.6 is 0 Å². The highest BCUT2D eigenvalue weighted by Crippen LogP contribution is 2.14. The number of carbonyl (C=O) groups is 2. The van der Waals surface area contributed by atoms with Gasteiger partial charge in [-0.15, -0.1) is 0 Å². The Morgan fingerprint density at radius 2 is 1.92 bits per heavy atom. The van der Waals surface area contributed by atoms with Gasteiger partial charge in [0.2, 0.25) is 5.91 Å². The molecule has 0 spiro atoms. The minimum absolute atomic E-state index is 0.0187. The van der Waals surface area contributed by atoms with Crippen molar-refractivity contribution >= 4 is 22.8 Å². The number of aromatic amines is 2. The van der Waals surface area contributed by atoms with Crippen LogP contribution in [0.5, 0.6) is 0 Å². The van der Waals surface area contributed by atoms with E-state index in [1.54, 1.807) is 24.8 Å². The number of nitrogens with one attached hydrogen (secondary N) is 2. The molecule has 0 bridgehead atoms. The molecular formula is C19H21N5O2. The second-order valence-corrected chi connectivity index (χ2v) is 6.56. The third-order valence-electron chi connectivity index (χ3n) is 4.82. The number of carbonyl (C=O) groups excluding carboxylic acids is 2. The fourth-order valence-corrected chi connectivity index (χ4v) is 3.39. The molecule has 1 fully saturated rings. The average Bonchev–Trinajstić information content (AvgIpc) is 3.28. The first-order valence-electron chi connectivity index (χ1n) is 8.82. The van der Waals surface area contributed by atoms with Crippen molar-refractivity contribution in [3.63, 3.8) is 0 Å². The summed E-state index contributed by atoms with van der Waals surface area (Å²) in [6.45, 7) is 2.49. The molecule has 7 heteroatoms. The minimum atomic E-state index is 0.0187. The van der Waals surface area contributed by atoms with Gasteiger partial charge in [-0.1, -0.05) is 6.07 Å². The van der Waals surface area contributed by atoms with Crippen LogP contribution in [-0.4, -0.2) is 62.7 Å². The van der Waals surface area contributed by atoms with Crippen LogP contribution in [0.25, 0.3) is 11.0 Å². The second-order valence-electron chi connectivity index (χ2n) is 6.56. The Labute approximate surface area is 151 Å². The van der Waals surface area contributed by atoms with Gasteiger partial charge in [0.05, 0.1) is 29.3 Å². The Bertz CT molecular complexity index is 915. The highest BCUT2D eigenvalue weighted by atomic mass is 16.2. The number of hydrogen-bond acceptors (Lipinski definition) is 3. The quantitative estimate of drug-likeness (QED) is 0.755. The van der Waals surface area contributed by atoms with Gasteiger partial charge in [0.15, 0.2) is 0 Å². The maximum Gasteiger partial charge on any atom is 0.255 e. The highest BCUT2D eigenvalue weighted by Gasteiger charge is 2.23. The lowest BCUT2D eigenvalue weighted by atomic mass is 10.1. The smallest absolute Gasteiger partial charge is 0.255 e. The second kappa shape index (κ2) is 7.03. The molecule has 7 nitrogen and oxygen atoms in total. The summed E-state index contributed by atoms with van der Waals surface area (Å²) in [6.07, 6.45) is 6.27. The topological polar surface area (TPSA) is 85.1 Å². The number of H-pyrrole nitrogens is 2. The Hall–Kier alpha value is -3.09. The molecule has 0 radical (unpaired) electrons. The lowest BCUT2D eigenvalue weighted by Crippen LogP contribution is -2.37. The predicted molar refractivity (Wildman–Crippen MR) is 97.7 cm³/mol. The molecule has 1 aromatic carbocycles. The molecule has 134 valence electrons. The molecule has 2 amide bonds. The van der Waals surface area contributed by atoms with Gasteiger partial charge in [0, 0.05) is 38.6 Å². The summed E-state index contributed by atoms with van der Waals surface area (Å²) in [7, 11) is 0. The summed E-state index contributed by atoms with van der Waals surface area (Å²) >= 11 is 0. The van der Waals surface area contributed by atoms with Crippen LogP contribution in [0.4, 0.5) is 0 Å². The van der Waals surface area contributed by atoms with Gasteiger partial charge in [-0.3, -0.25) is 9.59 Å². The maximum absolute atomic E-state index is 12.7. The van der Waals surface area contributed by atoms with E-state index in [4.69, 9.17) is 0 Å². The van der Waals surface area contributed by atoms with Gasteiger partial charge in [-0.05, 0) is 30.2 Å². The van der Waals surface area contributed by atoms with Crippen molar-refractivity contribution in [1.29, 1.82) is 0 Å². The fourth-order valence-electron chi connectivity index (χ4n) is 3.39. The zero-order valence-corrected chi connectivity index (χ0v) is 14.4. The summed E-state index contributed by atoms with van der Waals surface area (Å²) in [4.78, 5) is 39.0. The third-order valence-corrected chi connectivity index (χ3v) is 4.82. The van der Waals surface area contributed by atoms with Crippen molar-refractivity contribution in [1.82, 2.24) is 24.8 Å². The maximum atomic E-state index is 12.7. The van der Waals surface area contributed by atoms with Crippen LogP contribution in [0.1, 0.15) is 22.3 Å². The van der Waals surface area contributed by atoms with Crippen molar-refractivity contribution in [2.75, 3.05) is 26.2 Å². The lowest BCUT2D eigenvalue weighted by Gasteiger charge is -2.22. The van der Waals surface area contributed by atoms with Crippen molar-refractivity contribution < 1.29 is 9.59 Å². The van der Waals surface area contributed by atoms with E-state index in [2.05, 4.69) is 15.0 Å². The molecular weight excluding hydrogens is 330 g/mol. The Morgan fingerprint density at radius 3 is 2.77 bits per heavy atom. The first-order chi connectivity index (χ1) is 12.7. The van der Waals surface area contributed by atoms with Gasteiger partial charge >= 0.3 is 0 Å². The molecule has 4 rings (SSSR count). The van der Waals surface area contributed by atoms with Crippen molar-refractivity contribution in [2.45, 2.75) is 12.8 Å². The molecule has 26 heavy (non-hydrogen) atoms. The average molecular weight is 351 g/mol. The molecule has 1 aliphatic heterocycles. The first kappa shape index (κ1) is 16.4. The highest BCUT2D eigenvalue weighted by molar-refractivity contribution is 5.94. The molecule has 2 N–H and O–H groups in total. The molecule has 0 atom stereocenters. The SMILES string of the molecule is O=C(Cc1ccc2nc[nH]c2c1)N1CCCN(C(=O)c2cc[nH]c2)CC1. The fraction of sp³-hybridized carbons (Fsp3) is 0.316. The third kappa shape index (κ3) is 3.33. The van der Waals surface area contributed by atoms with Gasteiger partial charge in [-0.25, -0.2) is 4.98 Å². The van der Waals surface area contributed by atoms with Gasteiger partial charge < -0.3 is 19.8 Å². The zero-order chi connectivity index (χ0) is 17.9. The van der Waals surface area contributed by atoms with Crippen LogP contribution < -0.4 is 0 Å². The largest absolute Gasteiger partial charge is 0.367 e. The number of aromatic nitrogens is 3. The van der Waals surface area contributed by atoms with Gasteiger partial charge in [0.25, 0.3) is 5.91 Å². The summed E-state index contributed by atoms with van der Waals surface area (Å²) in [5.41, 5.74) is 3.47. The van der Waals surface area contributed by atoms with E-state index in [1.165, 1.54) is 0 Å². The Balaban J connectivity index is 1.38. The number of rotatable bonds is 3. The van der Waals surface area contributed by atoms with E-state index < -0.39 is 0 Å². The van der Waals surface area contributed by atoms with Crippen molar-refractivity contribution in [2.24, 2.45) is 0 Å². The van der Waals surface area contributed by atoms with Gasteiger partial charge in [0.1, 0.15) is 0 Å². The first-order valence-corrected chi connectivity index (χ1v) is 8.82. The number of imidazole rings is 1. The van der Waals surface area contributed by atoms with Crippen molar-refractivity contribution in [3.8, 4) is 0 Å². The van der Waals surface area contributed by atoms with Crippen LogP contribution in [-0.2, 0) is 11.2 Å². The van der Waals surface area contributed by atoms with Crippen LogP contribution in [0.2, 0.25) is 0 Å². The predicted octanol–water partition coefficient (Wildman–Crippen LogP) is 1.81. The van der Waals surface area contributed by atoms with Crippen LogP contribution in [0.3, 0.4) is 0 Å². The van der Waals surface area contributed by atoms with Crippen molar-refractivity contribution in [3.05, 3.63) is 54.1 Å². The monoisotopic (exact) mass is 351 g/mol. The Kier molecular flexibility index (Phi) is 4.43. The standard InChI is InChI=1S/C19H21N5O2/c25-18(11-14-2-3-16-17(10-14)22-13-21-16)23-6-1-7-24(9-8-23)19(26)15-4-5-20-12-15/h2-5,10,12-13,20H,1,6-9,11H2,(H,21,22). The van der Waals surface area contributed by atoms with E-state index in [-0.39, 0.29) is 11.8 Å². The molecule has 1 saturated heterocycles. The molecule has 2 aromatic heterocycles. The van der Waals surface area contributed by atoms with E-state index in [1.807, 2.05) is 28.0 Å². The van der Waals surface area contributed by atoms with Crippen LogP contribution in [0, 0.1) is 0 Å². The van der Waals surface area contributed by atoms with Crippen LogP contribution in [0.15, 0.2) is 43.0 Å². The molecule has 3 heterocycles. The normalized spacial score (nSPS) is 15.2. The van der Waals surface area contributed by atoms with E-state index >= 15 is 0 Å². The molecule has 0 aliphatic carbocycles. The number of benzene rings is 1. The Morgan fingerprint density at radius 1 is 1.08 bits per heavy atom. The van der Waals surface area contributed by atoms with Gasteiger partial charge in [-0.2, -0.15) is 0 Å². The van der Waals surface area contributed by atoms with E-state index in [9.17, 15) is 9.59 Å². The molecule has 1 aliphatic rings. The summed E-state index contributed by atoms with van der Waals surface area (Å²) in [5.74, 6) is 0.116. The summed E-state index contributed by atoms with van der Waals surface area (Å²) in [6, 6.07) is 7.62. The van der Waals surface area contributed by atoms with E-state index in [0.717, 1.165) is 23.0 Å². The molecule has 0 saturated carbocycles. The minimum Gasteiger partial charge on any atom is -0.367 e. The molecule has 0 unspecified atom stereocenters. The zero-order valence-electron chi connectivity index (χ0n) is 14.4.